The normalized spacial score (nSPS) is 16.8. The van der Waals surface area contributed by atoms with Gasteiger partial charge in [-0.1, -0.05) is 0 Å². The van der Waals surface area contributed by atoms with Gasteiger partial charge in [0.15, 0.2) is 0 Å². The van der Waals surface area contributed by atoms with Crippen molar-refractivity contribution < 1.29 is 4.79 Å². The van der Waals surface area contributed by atoms with Gasteiger partial charge in [0.2, 0.25) is 0 Å². The van der Waals surface area contributed by atoms with Crippen LogP contribution in [-0.2, 0) is 12.8 Å². The van der Waals surface area contributed by atoms with Crippen molar-refractivity contribution in [3.05, 3.63) is 41.5 Å². The maximum Gasteiger partial charge on any atom is 0.257 e. The van der Waals surface area contributed by atoms with Gasteiger partial charge in [0.25, 0.3) is 5.91 Å². The second-order valence-electron chi connectivity index (χ2n) is 7.41. The van der Waals surface area contributed by atoms with Crippen molar-refractivity contribution in [1.82, 2.24) is 19.9 Å². The largest absolute Gasteiger partial charge is 0.362 e. The number of likely N-dealkylation sites (tertiary alicyclic amines) is 1. The smallest absolute Gasteiger partial charge is 0.257 e. The van der Waals surface area contributed by atoms with E-state index in [0.29, 0.717) is 0 Å². The number of nitrogens with zero attached hydrogens (tertiary/aromatic N) is 6. The van der Waals surface area contributed by atoms with Crippen molar-refractivity contribution >= 4 is 17.5 Å². The number of pyridine rings is 1. The van der Waals surface area contributed by atoms with Gasteiger partial charge in [-0.2, -0.15) is 0 Å². The summed E-state index contributed by atoms with van der Waals surface area (Å²) in [6, 6.07) is 4.03. The van der Waals surface area contributed by atoms with Gasteiger partial charge < -0.3 is 14.7 Å². The number of carbonyl (C=O) groups is 1. The van der Waals surface area contributed by atoms with Gasteiger partial charge in [0.1, 0.15) is 18.0 Å². The third-order valence-electron chi connectivity index (χ3n) is 5.38. The number of anilines is 2. The van der Waals surface area contributed by atoms with Crippen LogP contribution >= 0.6 is 0 Å². The number of carbonyl (C=O) groups excluding carboxylic acids is 1. The molecule has 2 aromatic heterocycles. The number of amides is 1. The molecule has 0 aliphatic carbocycles. The monoisotopic (exact) mass is 366 g/mol. The highest BCUT2D eigenvalue weighted by Gasteiger charge is 2.26. The van der Waals surface area contributed by atoms with E-state index in [1.165, 1.54) is 5.56 Å². The highest BCUT2D eigenvalue weighted by molar-refractivity contribution is 5.99. The summed E-state index contributed by atoms with van der Waals surface area (Å²) in [6.07, 6.45) is 7.25. The van der Waals surface area contributed by atoms with Gasteiger partial charge in [0, 0.05) is 58.6 Å². The zero-order chi connectivity index (χ0) is 18.8. The molecule has 142 valence electrons. The molecule has 0 N–H and O–H groups in total. The highest BCUT2D eigenvalue weighted by Crippen LogP contribution is 2.26. The summed E-state index contributed by atoms with van der Waals surface area (Å²) in [7, 11) is 3.92. The predicted molar refractivity (Wildman–Crippen MR) is 105 cm³/mol. The van der Waals surface area contributed by atoms with Gasteiger partial charge in [-0.05, 0) is 37.0 Å². The van der Waals surface area contributed by atoms with Gasteiger partial charge >= 0.3 is 0 Å². The minimum atomic E-state index is 0.114. The second kappa shape index (κ2) is 7.50. The van der Waals surface area contributed by atoms with Gasteiger partial charge in [-0.25, -0.2) is 15.0 Å². The third kappa shape index (κ3) is 3.59. The lowest BCUT2D eigenvalue weighted by Crippen LogP contribution is -2.30. The molecule has 4 rings (SSSR count). The molecule has 2 aliphatic rings. The summed E-state index contributed by atoms with van der Waals surface area (Å²) in [5, 5.41) is 0. The van der Waals surface area contributed by atoms with Crippen LogP contribution in [0.2, 0.25) is 0 Å². The Balaban J connectivity index is 1.64. The van der Waals surface area contributed by atoms with E-state index in [4.69, 9.17) is 4.98 Å². The Bertz CT molecular complexity index is 817. The van der Waals surface area contributed by atoms with E-state index in [1.807, 2.05) is 30.0 Å². The Kier molecular flexibility index (Phi) is 4.92. The molecule has 1 amide bonds. The zero-order valence-electron chi connectivity index (χ0n) is 16.1. The molecule has 2 aromatic rings. The van der Waals surface area contributed by atoms with Gasteiger partial charge in [-0.15, -0.1) is 0 Å². The Morgan fingerprint density at radius 1 is 1.11 bits per heavy atom. The molecule has 0 aromatic carbocycles. The predicted octanol–water partition coefficient (Wildman–Crippen LogP) is 1.78. The van der Waals surface area contributed by atoms with Crippen LogP contribution in [0.25, 0.3) is 0 Å². The molecule has 0 unspecified atom stereocenters. The molecule has 0 spiro atoms. The average molecular weight is 366 g/mol. The highest BCUT2D eigenvalue weighted by atomic mass is 16.2. The van der Waals surface area contributed by atoms with E-state index in [0.717, 1.165) is 74.8 Å². The number of rotatable bonds is 3. The van der Waals surface area contributed by atoms with Crippen LogP contribution in [0.3, 0.4) is 0 Å². The summed E-state index contributed by atoms with van der Waals surface area (Å²) in [5.41, 5.74) is 3.00. The van der Waals surface area contributed by atoms with Crippen LogP contribution in [0.1, 0.15) is 34.5 Å². The summed E-state index contributed by atoms with van der Waals surface area (Å²) < 4.78 is 0. The maximum atomic E-state index is 13.1. The average Bonchev–Trinajstić information content (AvgIpc) is 3.14. The Labute approximate surface area is 160 Å². The van der Waals surface area contributed by atoms with Crippen LogP contribution < -0.4 is 9.80 Å². The molecule has 0 bridgehead atoms. The number of hydrogen-bond acceptors (Lipinski definition) is 6. The first kappa shape index (κ1) is 17.7. The van der Waals surface area contributed by atoms with Gasteiger partial charge in [0.05, 0.1) is 5.56 Å². The Morgan fingerprint density at radius 3 is 2.59 bits per heavy atom. The molecule has 7 heteroatoms. The number of fused-ring (bicyclic) bond motifs is 1. The van der Waals surface area contributed by atoms with Gasteiger partial charge in [-0.3, -0.25) is 4.79 Å². The molecule has 0 saturated carbocycles. The van der Waals surface area contributed by atoms with Crippen molar-refractivity contribution in [2.75, 3.05) is 50.1 Å². The SMILES string of the molecule is CN(C)c1nc2c(cc1C(=O)N1CCCC1)CCN(c1ccncn1)CC2. The Hall–Kier alpha value is -2.70. The summed E-state index contributed by atoms with van der Waals surface area (Å²) in [4.78, 5) is 32.5. The van der Waals surface area contributed by atoms with Crippen LogP contribution in [0.4, 0.5) is 11.6 Å². The van der Waals surface area contributed by atoms with E-state index in [9.17, 15) is 4.79 Å². The topological polar surface area (TPSA) is 65.5 Å². The fourth-order valence-corrected chi connectivity index (χ4v) is 3.91. The molecule has 4 heterocycles. The molecule has 0 radical (unpaired) electrons. The van der Waals surface area contributed by atoms with Crippen LogP contribution in [0.5, 0.6) is 0 Å². The first-order valence-electron chi connectivity index (χ1n) is 9.64. The molecular formula is C20H26N6O. The van der Waals surface area contributed by atoms with E-state index in [2.05, 4.69) is 20.9 Å². The second-order valence-corrected chi connectivity index (χ2v) is 7.41. The maximum absolute atomic E-state index is 13.1. The standard InChI is InChI=1S/C20H26N6O/c1-24(2)19-16(20(27)26-9-3-4-10-26)13-15-6-11-25(12-7-17(15)23-19)18-5-8-21-14-22-18/h5,8,13-14H,3-4,6-7,9-12H2,1-2H3. The molecule has 1 saturated heterocycles. The number of aromatic nitrogens is 3. The first-order valence-corrected chi connectivity index (χ1v) is 9.64. The van der Waals surface area contributed by atoms with E-state index >= 15 is 0 Å². The molecular weight excluding hydrogens is 340 g/mol. The van der Waals surface area contributed by atoms with Crippen molar-refractivity contribution in [2.45, 2.75) is 25.7 Å². The number of hydrogen-bond donors (Lipinski definition) is 0. The first-order chi connectivity index (χ1) is 13.1. The minimum absolute atomic E-state index is 0.114. The summed E-state index contributed by atoms with van der Waals surface area (Å²) in [6.45, 7) is 3.43. The quantitative estimate of drug-likeness (QED) is 0.825. The van der Waals surface area contributed by atoms with E-state index < -0.39 is 0 Å². The summed E-state index contributed by atoms with van der Waals surface area (Å²) in [5.74, 6) is 1.84. The fourth-order valence-electron chi connectivity index (χ4n) is 3.91. The van der Waals surface area contributed by atoms with Crippen molar-refractivity contribution in [1.29, 1.82) is 0 Å². The summed E-state index contributed by atoms with van der Waals surface area (Å²) >= 11 is 0. The van der Waals surface area contributed by atoms with Crippen molar-refractivity contribution in [3.8, 4) is 0 Å². The molecule has 1 fully saturated rings. The van der Waals surface area contributed by atoms with Crippen LogP contribution in [0.15, 0.2) is 24.7 Å². The van der Waals surface area contributed by atoms with Crippen LogP contribution in [0, 0.1) is 0 Å². The van der Waals surface area contributed by atoms with Crippen molar-refractivity contribution in [3.63, 3.8) is 0 Å². The molecule has 0 atom stereocenters. The fraction of sp³-hybridized carbons (Fsp3) is 0.500. The lowest BCUT2D eigenvalue weighted by atomic mass is 10.0. The minimum Gasteiger partial charge on any atom is -0.362 e. The third-order valence-corrected chi connectivity index (χ3v) is 5.38. The Morgan fingerprint density at radius 2 is 1.89 bits per heavy atom. The lowest BCUT2D eigenvalue weighted by Gasteiger charge is -2.22. The molecule has 27 heavy (non-hydrogen) atoms. The van der Waals surface area contributed by atoms with Crippen LogP contribution in [-0.4, -0.2) is 66.0 Å². The van der Waals surface area contributed by atoms with E-state index in [1.54, 1.807) is 12.5 Å². The van der Waals surface area contributed by atoms with Crippen molar-refractivity contribution in [2.24, 2.45) is 0 Å². The molecule has 2 aliphatic heterocycles. The zero-order valence-corrected chi connectivity index (χ0v) is 16.1. The lowest BCUT2D eigenvalue weighted by molar-refractivity contribution is 0.0793. The van der Waals surface area contributed by atoms with E-state index in [-0.39, 0.29) is 5.91 Å². The molecule has 7 nitrogen and oxygen atoms in total.